The predicted molar refractivity (Wildman–Crippen MR) is 127 cm³/mol. The normalized spacial score (nSPS) is 12.7. The fourth-order valence-corrected chi connectivity index (χ4v) is 4.19. The molecule has 1 amide bonds. The summed E-state index contributed by atoms with van der Waals surface area (Å²) in [7, 11) is 0. The van der Waals surface area contributed by atoms with Crippen LogP contribution in [0.5, 0.6) is 0 Å². The first kappa shape index (κ1) is 20.3. The van der Waals surface area contributed by atoms with Gasteiger partial charge in [-0.05, 0) is 59.0 Å². The Labute approximate surface area is 188 Å². The molecule has 1 heterocycles. The Kier molecular flexibility index (Phi) is 5.24. The number of para-hydroxylation sites is 1. The molecule has 8 nitrogen and oxygen atoms in total. The number of carbonyl (C=O) groups is 1. The highest BCUT2D eigenvalue weighted by Crippen LogP contribution is 2.36. The summed E-state index contributed by atoms with van der Waals surface area (Å²) >= 11 is 0. The number of rotatable bonds is 6. The van der Waals surface area contributed by atoms with Gasteiger partial charge in [-0.15, -0.1) is 0 Å². The molecule has 8 heteroatoms. The van der Waals surface area contributed by atoms with Gasteiger partial charge in [0.15, 0.2) is 0 Å². The van der Waals surface area contributed by atoms with E-state index in [1.54, 1.807) is 30.3 Å². The van der Waals surface area contributed by atoms with Gasteiger partial charge in [-0.25, -0.2) is 5.43 Å². The summed E-state index contributed by atoms with van der Waals surface area (Å²) < 4.78 is 0. The van der Waals surface area contributed by atoms with Crippen molar-refractivity contribution >= 4 is 34.7 Å². The molecule has 4 aromatic rings. The summed E-state index contributed by atoms with van der Waals surface area (Å²) in [6, 6.07) is 18.6. The molecule has 1 aromatic heterocycles. The number of nitro groups is 1. The summed E-state index contributed by atoms with van der Waals surface area (Å²) in [6.45, 7) is 0. The molecule has 0 radical (unpaired) electrons. The summed E-state index contributed by atoms with van der Waals surface area (Å²) in [5, 5.41) is 24.4. The first-order valence-corrected chi connectivity index (χ1v) is 10.4. The highest BCUT2D eigenvalue weighted by Gasteiger charge is 2.18. The van der Waals surface area contributed by atoms with Crippen LogP contribution in [-0.4, -0.2) is 27.2 Å². The van der Waals surface area contributed by atoms with Crippen molar-refractivity contribution in [3.63, 3.8) is 0 Å². The minimum atomic E-state index is -0.448. The number of carbonyl (C=O) groups excluding carboxylic acids is 1. The van der Waals surface area contributed by atoms with Gasteiger partial charge in [-0.1, -0.05) is 42.5 Å². The largest absolute Gasteiger partial charge is 0.289 e. The smallest absolute Gasteiger partial charge is 0.272 e. The molecule has 0 aliphatic heterocycles. The van der Waals surface area contributed by atoms with Crippen LogP contribution in [0.4, 0.5) is 5.69 Å². The molecule has 0 unspecified atom stereocenters. The van der Waals surface area contributed by atoms with Gasteiger partial charge in [-0.3, -0.25) is 20.0 Å². The van der Waals surface area contributed by atoms with Gasteiger partial charge in [0.05, 0.1) is 16.2 Å². The molecule has 33 heavy (non-hydrogen) atoms. The second-order valence-corrected chi connectivity index (χ2v) is 7.67. The SMILES string of the molecule is O=C(N/N=C\C=C\c1ccccc1[N+](=O)[O-])c1cc(-c2ccc3c4c(cccc24)CC3)n[nH]1. The molecule has 5 rings (SSSR count). The van der Waals surface area contributed by atoms with E-state index in [2.05, 4.69) is 51.1 Å². The van der Waals surface area contributed by atoms with Crippen LogP contribution in [0.3, 0.4) is 0 Å². The van der Waals surface area contributed by atoms with Gasteiger partial charge in [0.2, 0.25) is 0 Å². The second kappa shape index (κ2) is 8.51. The van der Waals surface area contributed by atoms with E-state index in [-0.39, 0.29) is 11.4 Å². The van der Waals surface area contributed by atoms with Gasteiger partial charge in [0, 0.05) is 17.8 Å². The van der Waals surface area contributed by atoms with Crippen LogP contribution in [0.2, 0.25) is 0 Å². The standard InChI is InChI=1S/C25H19N5O3/c31-25(29-26-14-4-7-16-5-1-2-9-23(16)30(32)33)22-15-21(27-28-22)19-13-12-18-11-10-17-6-3-8-20(19)24(17)18/h1-9,12-15H,10-11H2,(H,27,28)(H,29,31)/b7-4+,26-14-. The zero-order valence-electron chi connectivity index (χ0n) is 17.5. The topological polar surface area (TPSA) is 113 Å². The molecule has 0 saturated carbocycles. The fraction of sp³-hybridized carbons (Fsp3) is 0.0800. The van der Waals surface area contributed by atoms with E-state index < -0.39 is 10.8 Å². The lowest BCUT2D eigenvalue weighted by molar-refractivity contribution is -0.385. The summed E-state index contributed by atoms with van der Waals surface area (Å²) in [6.07, 6.45) is 6.53. The van der Waals surface area contributed by atoms with E-state index in [1.807, 2.05) is 0 Å². The third kappa shape index (κ3) is 3.89. The minimum Gasteiger partial charge on any atom is -0.272 e. The third-order valence-electron chi connectivity index (χ3n) is 5.71. The predicted octanol–water partition coefficient (Wildman–Crippen LogP) is 4.67. The Balaban J connectivity index is 1.29. The number of H-pyrrole nitrogens is 1. The molecule has 0 fully saturated rings. The van der Waals surface area contributed by atoms with Crippen molar-refractivity contribution in [3.8, 4) is 11.3 Å². The van der Waals surface area contributed by atoms with Crippen molar-refractivity contribution in [2.45, 2.75) is 12.8 Å². The number of hydrogen-bond donors (Lipinski definition) is 2. The van der Waals surface area contributed by atoms with E-state index in [1.165, 1.54) is 34.9 Å². The van der Waals surface area contributed by atoms with E-state index in [0.29, 0.717) is 11.3 Å². The Morgan fingerprint density at radius 3 is 2.76 bits per heavy atom. The number of aromatic nitrogens is 2. The number of nitrogens with zero attached hydrogens (tertiary/aromatic N) is 3. The molecule has 162 valence electrons. The maximum Gasteiger partial charge on any atom is 0.289 e. The molecule has 0 saturated heterocycles. The fourth-order valence-electron chi connectivity index (χ4n) is 4.19. The summed E-state index contributed by atoms with van der Waals surface area (Å²) in [5.74, 6) is -0.435. The maximum atomic E-state index is 12.4. The number of hydrazone groups is 1. The van der Waals surface area contributed by atoms with E-state index in [4.69, 9.17) is 0 Å². The van der Waals surface area contributed by atoms with Crippen LogP contribution >= 0.6 is 0 Å². The van der Waals surface area contributed by atoms with Crippen LogP contribution in [0.1, 0.15) is 27.2 Å². The van der Waals surface area contributed by atoms with Crippen LogP contribution in [0.15, 0.2) is 71.8 Å². The molecule has 1 aliphatic carbocycles. The van der Waals surface area contributed by atoms with Crippen molar-refractivity contribution in [1.29, 1.82) is 0 Å². The van der Waals surface area contributed by atoms with Gasteiger partial charge < -0.3 is 0 Å². The number of hydrogen-bond acceptors (Lipinski definition) is 5. The Hall–Kier alpha value is -4.59. The van der Waals surface area contributed by atoms with Crippen molar-refractivity contribution in [3.05, 3.63) is 99.2 Å². The number of nitrogens with one attached hydrogen (secondary N) is 2. The maximum absolute atomic E-state index is 12.4. The molecule has 0 atom stereocenters. The van der Waals surface area contributed by atoms with Crippen LogP contribution in [0.25, 0.3) is 28.1 Å². The van der Waals surface area contributed by atoms with E-state index in [0.717, 1.165) is 23.8 Å². The zero-order valence-corrected chi connectivity index (χ0v) is 17.5. The average Bonchev–Trinajstić information content (AvgIpc) is 3.48. The molecule has 2 N–H and O–H groups in total. The quantitative estimate of drug-likeness (QED) is 0.259. The lowest BCUT2D eigenvalue weighted by atomic mass is 9.98. The van der Waals surface area contributed by atoms with Gasteiger partial charge in [0.25, 0.3) is 11.6 Å². The number of nitro benzene ring substituents is 1. The van der Waals surface area contributed by atoms with Crippen molar-refractivity contribution in [2.24, 2.45) is 5.10 Å². The van der Waals surface area contributed by atoms with Crippen LogP contribution in [0, 0.1) is 10.1 Å². The number of benzene rings is 3. The van der Waals surface area contributed by atoms with Gasteiger partial charge in [0.1, 0.15) is 5.69 Å². The minimum absolute atomic E-state index is 0.000725. The highest BCUT2D eigenvalue weighted by atomic mass is 16.6. The molecular weight excluding hydrogens is 418 g/mol. The molecule has 1 aliphatic rings. The lowest BCUT2D eigenvalue weighted by Gasteiger charge is -2.06. The van der Waals surface area contributed by atoms with Crippen LogP contribution < -0.4 is 5.43 Å². The first-order valence-electron chi connectivity index (χ1n) is 10.4. The molecule has 3 aromatic carbocycles. The average molecular weight is 437 g/mol. The van der Waals surface area contributed by atoms with Crippen LogP contribution in [-0.2, 0) is 12.8 Å². The molecule has 0 bridgehead atoms. The first-order chi connectivity index (χ1) is 16.1. The number of aromatic amines is 1. The number of aryl methyl sites for hydroxylation is 2. The van der Waals surface area contributed by atoms with E-state index >= 15 is 0 Å². The summed E-state index contributed by atoms with van der Waals surface area (Å²) in [5.41, 5.74) is 7.52. The zero-order chi connectivity index (χ0) is 22.8. The Bertz CT molecular complexity index is 1440. The summed E-state index contributed by atoms with van der Waals surface area (Å²) in [4.78, 5) is 23.0. The number of amides is 1. The van der Waals surface area contributed by atoms with Crippen molar-refractivity contribution in [2.75, 3.05) is 0 Å². The van der Waals surface area contributed by atoms with E-state index in [9.17, 15) is 14.9 Å². The highest BCUT2D eigenvalue weighted by molar-refractivity contribution is 6.02. The molecular formula is C25H19N5O3. The number of allylic oxidation sites excluding steroid dienone is 1. The monoisotopic (exact) mass is 437 g/mol. The van der Waals surface area contributed by atoms with Crippen molar-refractivity contribution < 1.29 is 9.72 Å². The van der Waals surface area contributed by atoms with Gasteiger partial charge >= 0.3 is 0 Å². The Morgan fingerprint density at radius 1 is 1.09 bits per heavy atom. The van der Waals surface area contributed by atoms with Gasteiger partial charge in [-0.2, -0.15) is 10.2 Å². The van der Waals surface area contributed by atoms with Crippen molar-refractivity contribution in [1.82, 2.24) is 15.6 Å². The molecule has 0 spiro atoms. The Morgan fingerprint density at radius 2 is 1.91 bits per heavy atom. The second-order valence-electron chi connectivity index (χ2n) is 7.67. The lowest BCUT2D eigenvalue weighted by Crippen LogP contribution is -2.17. The third-order valence-corrected chi connectivity index (χ3v) is 5.71.